The van der Waals surface area contributed by atoms with Crippen LogP contribution in [0.4, 0.5) is 0 Å². The molecule has 4 heteroatoms. The van der Waals surface area contributed by atoms with Crippen LogP contribution in [0.1, 0.15) is 32.1 Å². The van der Waals surface area contributed by atoms with Gasteiger partial charge in [0.15, 0.2) is 0 Å². The molecule has 0 radical (unpaired) electrons. The molecule has 1 N–H and O–H groups in total. The van der Waals surface area contributed by atoms with Crippen molar-refractivity contribution >= 4 is 0 Å². The lowest BCUT2D eigenvalue weighted by molar-refractivity contribution is 0.0394. The van der Waals surface area contributed by atoms with Crippen molar-refractivity contribution in [3.05, 3.63) is 18.5 Å². The zero-order valence-corrected chi connectivity index (χ0v) is 11.6. The molecule has 4 nitrogen and oxygen atoms in total. The molecule has 0 aromatic carbocycles. The van der Waals surface area contributed by atoms with Crippen molar-refractivity contribution in [3.8, 4) is 0 Å². The second-order valence-corrected chi connectivity index (χ2v) is 6.23. The van der Waals surface area contributed by atoms with Crippen LogP contribution < -0.4 is 0 Å². The van der Waals surface area contributed by atoms with Crippen LogP contribution in [0.5, 0.6) is 0 Å². The van der Waals surface area contributed by atoms with E-state index in [2.05, 4.69) is 10.00 Å². The summed E-state index contributed by atoms with van der Waals surface area (Å²) in [6.45, 7) is 3.76. The van der Waals surface area contributed by atoms with E-state index in [9.17, 15) is 5.11 Å². The molecule has 0 amide bonds. The molecule has 2 fully saturated rings. The predicted octanol–water partition coefficient (Wildman–Crippen LogP) is 1.76. The topological polar surface area (TPSA) is 41.3 Å². The van der Waals surface area contributed by atoms with Gasteiger partial charge in [-0.3, -0.25) is 4.68 Å². The largest absolute Gasteiger partial charge is 0.390 e. The molecule has 1 aliphatic carbocycles. The summed E-state index contributed by atoms with van der Waals surface area (Å²) in [5.41, 5.74) is 0. The van der Waals surface area contributed by atoms with Crippen LogP contribution in [0, 0.1) is 11.8 Å². The third kappa shape index (κ3) is 3.37. The van der Waals surface area contributed by atoms with E-state index in [0.717, 1.165) is 24.9 Å². The average molecular weight is 263 g/mol. The zero-order chi connectivity index (χ0) is 13.1. The minimum atomic E-state index is -0.306. The van der Waals surface area contributed by atoms with Gasteiger partial charge in [0.25, 0.3) is 0 Å². The second kappa shape index (κ2) is 6.06. The van der Waals surface area contributed by atoms with Crippen LogP contribution in [0.3, 0.4) is 0 Å². The first-order valence-corrected chi connectivity index (χ1v) is 7.69. The summed E-state index contributed by atoms with van der Waals surface area (Å²) in [6, 6.07) is 1.90. The lowest BCUT2D eigenvalue weighted by Crippen LogP contribution is -2.45. The first kappa shape index (κ1) is 13.1. The Bertz CT molecular complexity index is 379. The molecule has 1 aliphatic heterocycles. The summed E-state index contributed by atoms with van der Waals surface area (Å²) in [6.07, 6.45) is 10.4. The van der Waals surface area contributed by atoms with Crippen LogP contribution >= 0.6 is 0 Å². The lowest BCUT2D eigenvalue weighted by atomic mass is 9.75. The molecule has 1 aromatic rings. The second-order valence-electron chi connectivity index (χ2n) is 6.23. The molecule has 0 bridgehead atoms. The van der Waals surface area contributed by atoms with Gasteiger partial charge in [0.1, 0.15) is 0 Å². The number of likely N-dealkylation sites (tertiary alicyclic amines) is 1. The van der Waals surface area contributed by atoms with E-state index in [-0.39, 0.29) is 6.10 Å². The average Bonchev–Trinajstić information content (AvgIpc) is 2.91. The fourth-order valence-electron chi connectivity index (χ4n) is 3.82. The van der Waals surface area contributed by atoms with Crippen LogP contribution in [0.2, 0.25) is 0 Å². The molecular weight excluding hydrogens is 238 g/mol. The van der Waals surface area contributed by atoms with E-state index >= 15 is 0 Å². The Hall–Kier alpha value is -0.870. The van der Waals surface area contributed by atoms with Crippen molar-refractivity contribution in [2.75, 3.05) is 19.6 Å². The minimum Gasteiger partial charge on any atom is -0.390 e. The van der Waals surface area contributed by atoms with Gasteiger partial charge < -0.3 is 10.0 Å². The molecule has 0 unspecified atom stereocenters. The lowest BCUT2D eigenvalue weighted by Gasteiger charge is -2.41. The van der Waals surface area contributed by atoms with Gasteiger partial charge in [-0.1, -0.05) is 19.3 Å². The number of hydrogen-bond donors (Lipinski definition) is 1. The molecule has 19 heavy (non-hydrogen) atoms. The number of hydrogen-bond acceptors (Lipinski definition) is 3. The van der Waals surface area contributed by atoms with Crippen molar-refractivity contribution in [3.63, 3.8) is 0 Å². The van der Waals surface area contributed by atoms with Gasteiger partial charge >= 0.3 is 0 Å². The SMILES string of the molecule is O[C@H](CN1CC[C@H]2CCCC[C@@H]2C1)Cn1cccn1. The van der Waals surface area contributed by atoms with E-state index in [0.29, 0.717) is 6.54 Å². The van der Waals surface area contributed by atoms with Crippen molar-refractivity contribution in [1.82, 2.24) is 14.7 Å². The predicted molar refractivity (Wildman–Crippen MR) is 74.7 cm³/mol. The Morgan fingerprint density at radius 3 is 2.79 bits per heavy atom. The van der Waals surface area contributed by atoms with Crippen LogP contribution in [0.15, 0.2) is 18.5 Å². The van der Waals surface area contributed by atoms with Gasteiger partial charge in [0, 0.05) is 25.5 Å². The number of fused-ring (bicyclic) bond motifs is 1. The number of aromatic nitrogens is 2. The number of aliphatic hydroxyl groups is 1. The number of aliphatic hydroxyl groups excluding tert-OH is 1. The highest BCUT2D eigenvalue weighted by Gasteiger charge is 2.31. The summed E-state index contributed by atoms with van der Waals surface area (Å²) >= 11 is 0. The Kier molecular flexibility index (Phi) is 4.18. The molecule has 2 heterocycles. The number of piperidine rings is 1. The molecule has 1 saturated carbocycles. The maximum atomic E-state index is 10.2. The summed E-state index contributed by atoms with van der Waals surface area (Å²) in [7, 11) is 0. The van der Waals surface area contributed by atoms with Gasteiger partial charge in [-0.05, 0) is 37.3 Å². The molecule has 0 spiro atoms. The first-order valence-electron chi connectivity index (χ1n) is 7.69. The monoisotopic (exact) mass is 263 g/mol. The standard InChI is InChI=1S/C15H25N3O/c19-15(12-18-8-3-7-16-18)11-17-9-6-13-4-1-2-5-14(13)10-17/h3,7-8,13-15,19H,1-2,4-6,9-12H2/t13-,14-,15-/m1/s1. The first-order chi connectivity index (χ1) is 9.31. The Labute approximate surface area is 115 Å². The van der Waals surface area contributed by atoms with E-state index in [1.807, 2.05) is 16.9 Å². The molecule has 3 atom stereocenters. The van der Waals surface area contributed by atoms with Crippen molar-refractivity contribution < 1.29 is 5.11 Å². The maximum absolute atomic E-state index is 10.2. The van der Waals surface area contributed by atoms with Gasteiger partial charge in [-0.2, -0.15) is 5.10 Å². The summed E-state index contributed by atoms with van der Waals surface area (Å²) < 4.78 is 1.82. The highest BCUT2D eigenvalue weighted by molar-refractivity contribution is 4.85. The van der Waals surface area contributed by atoms with Gasteiger partial charge in [0.2, 0.25) is 0 Å². The molecule has 106 valence electrons. The fourth-order valence-corrected chi connectivity index (χ4v) is 3.82. The summed E-state index contributed by atoms with van der Waals surface area (Å²) in [5.74, 6) is 1.85. The van der Waals surface area contributed by atoms with Gasteiger partial charge in [0.05, 0.1) is 12.6 Å². The maximum Gasteiger partial charge on any atom is 0.0862 e. The Balaban J connectivity index is 1.47. The summed E-state index contributed by atoms with van der Waals surface area (Å²) in [4.78, 5) is 2.46. The third-order valence-electron chi connectivity index (χ3n) is 4.80. The molecule has 2 aliphatic rings. The quantitative estimate of drug-likeness (QED) is 0.900. The van der Waals surface area contributed by atoms with Gasteiger partial charge in [-0.25, -0.2) is 0 Å². The zero-order valence-electron chi connectivity index (χ0n) is 11.6. The molecule has 3 rings (SSSR count). The van der Waals surface area contributed by atoms with Crippen LogP contribution in [-0.2, 0) is 6.54 Å². The minimum absolute atomic E-state index is 0.306. The fraction of sp³-hybridized carbons (Fsp3) is 0.800. The highest BCUT2D eigenvalue weighted by Crippen LogP contribution is 2.35. The summed E-state index contributed by atoms with van der Waals surface area (Å²) in [5, 5.41) is 14.3. The van der Waals surface area contributed by atoms with E-state index in [1.54, 1.807) is 6.20 Å². The number of nitrogens with zero attached hydrogens (tertiary/aromatic N) is 3. The third-order valence-corrected chi connectivity index (χ3v) is 4.80. The molecule has 1 saturated heterocycles. The Morgan fingerprint density at radius 1 is 1.16 bits per heavy atom. The number of rotatable bonds is 4. The van der Waals surface area contributed by atoms with Crippen LogP contribution in [-0.4, -0.2) is 45.5 Å². The van der Waals surface area contributed by atoms with Crippen molar-refractivity contribution in [1.29, 1.82) is 0 Å². The van der Waals surface area contributed by atoms with Gasteiger partial charge in [-0.15, -0.1) is 0 Å². The van der Waals surface area contributed by atoms with E-state index in [4.69, 9.17) is 0 Å². The van der Waals surface area contributed by atoms with Crippen molar-refractivity contribution in [2.45, 2.75) is 44.8 Å². The van der Waals surface area contributed by atoms with E-state index < -0.39 is 0 Å². The van der Waals surface area contributed by atoms with E-state index in [1.165, 1.54) is 38.6 Å². The van der Waals surface area contributed by atoms with Crippen molar-refractivity contribution in [2.24, 2.45) is 11.8 Å². The molecule has 1 aromatic heterocycles. The Morgan fingerprint density at radius 2 is 2.00 bits per heavy atom. The highest BCUT2D eigenvalue weighted by atomic mass is 16.3. The number of β-amino-alcohol motifs (C(OH)–C–C–N with tert-alkyl or cyclic N) is 1. The smallest absolute Gasteiger partial charge is 0.0862 e. The normalized spacial score (nSPS) is 29.9. The molecular formula is C15H25N3O. The van der Waals surface area contributed by atoms with Crippen LogP contribution in [0.25, 0.3) is 0 Å².